The average Bonchev–Trinajstić information content (AvgIpc) is 2.81. The summed E-state index contributed by atoms with van der Waals surface area (Å²) in [6.45, 7) is 3.77. The van der Waals surface area contributed by atoms with Crippen molar-refractivity contribution in [2.24, 2.45) is 5.41 Å². The fourth-order valence-corrected chi connectivity index (χ4v) is 4.39. The van der Waals surface area contributed by atoms with E-state index in [4.69, 9.17) is 4.74 Å². The van der Waals surface area contributed by atoms with E-state index in [1.807, 2.05) is 6.92 Å². The van der Waals surface area contributed by atoms with Crippen molar-refractivity contribution in [2.45, 2.75) is 31.8 Å². The molecule has 0 amide bonds. The van der Waals surface area contributed by atoms with Crippen LogP contribution in [0.15, 0.2) is 0 Å². The molecule has 1 unspecified atom stereocenters. The highest BCUT2D eigenvalue weighted by molar-refractivity contribution is 7.99. The fourth-order valence-electron chi connectivity index (χ4n) is 2.87. The molecular weight excluding hydrogens is 238 g/mol. The molecule has 2 rings (SSSR count). The summed E-state index contributed by atoms with van der Waals surface area (Å²) in [4.78, 5) is 12.3. The molecule has 4 nitrogen and oxygen atoms in total. The first-order chi connectivity index (χ1) is 8.15. The van der Waals surface area contributed by atoms with E-state index in [1.165, 1.54) is 0 Å². The molecule has 0 spiro atoms. The van der Waals surface area contributed by atoms with Gasteiger partial charge in [0.05, 0.1) is 12.2 Å². The molecule has 2 aliphatic heterocycles. The maximum absolute atomic E-state index is 12.3. The van der Waals surface area contributed by atoms with Crippen molar-refractivity contribution in [3.8, 4) is 0 Å². The molecule has 2 saturated heterocycles. The number of nitrogens with one attached hydrogen (secondary N) is 1. The van der Waals surface area contributed by atoms with Crippen LogP contribution in [0.1, 0.15) is 26.2 Å². The van der Waals surface area contributed by atoms with Crippen LogP contribution in [0.3, 0.4) is 0 Å². The summed E-state index contributed by atoms with van der Waals surface area (Å²) in [6.07, 6.45) is 2.03. The van der Waals surface area contributed by atoms with Crippen LogP contribution in [0.2, 0.25) is 0 Å². The lowest BCUT2D eigenvalue weighted by Crippen LogP contribution is -2.58. The van der Waals surface area contributed by atoms with Crippen LogP contribution in [0.25, 0.3) is 0 Å². The van der Waals surface area contributed by atoms with Crippen LogP contribution in [0, 0.1) is 5.41 Å². The summed E-state index contributed by atoms with van der Waals surface area (Å²) in [7, 11) is 0. The summed E-state index contributed by atoms with van der Waals surface area (Å²) >= 11 is 1.75. The van der Waals surface area contributed by atoms with Crippen LogP contribution < -0.4 is 5.32 Å². The minimum atomic E-state index is -0.881. The summed E-state index contributed by atoms with van der Waals surface area (Å²) in [6, 6.07) is 0. The molecule has 98 valence electrons. The van der Waals surface area contributed by atoms with Crippen LogP contribution in [0.4, 0.5) is 0 Å². The van der Waals surface area contributed by atoms with Gasteiger partial charge in [-0.15, -0.1) is 0 Å². The van der Waals surface area contributed by atoms with E-state index in [0.717, 1.165) is 25.3 Å². The molecule has 17 heavy (non-hydrogen) atoms. The second-order valence-electron chi connectivity index (χ2n) is 4.89. The first-order valence-electron chi connectivity index (χ1n) is 6.33. The molecule has 2 heterocycles. The van der Waals surface area contributed by atoms with Gasteiger partial charge in [-0.2, -0.15) is 11.8 Å². The van der Waals surface area contributed by atoms with E-state index >= 15 is 0 Å². The molecule has 0 aromatic heterocycles. The number of thioether (sulfide) groups is 1. The Kier molecular flexibility index (Phi) is 4.00. The van der Waals surface area contributed by atoms with Gasteiger partial charge in [0.15, 0.2) is 0 Å². The first kappa shape index (κ1) is 13.2. The summed E-state index contributed by atoms with van der Waals surface area (Å²) in [5.74, 6) is 1.44. The van der Waals surface area contributed by atoms with Gasteiger partial charge in [0.25, 0.3) is 0 Å². The minimum Gasteiger partial charge on any atom is -0.465 e. The summed E-state index contributed by atoms with van der Waals surface area (Å²) < 4.78 is 5.21. The Hall–Kier alpha value is -0.260. The highest BCUT2D eigenvalue weighted by Crippen LogP contribution is 2.49. The van der Waals surface area contributed by atoms with E-state index in [1.54, 1.807) is 11.8 Å². The lowest BCUT2D eigenvalue weighted by Gasteiger charge is -2.45. The fraction of sp³-hybridized carbons (Fsp3) is 0.917. The van der Waals surface area contributed by atoms with Crippen molar-refractivity contribution in [3.63, 3.8) is 0 Å². The van der Waals surface area contributed by atoms with Gasteiger partial charge in [-0.1, -0.05) is 0 Å². The Morgan fingerprint density at radius 2 is 2.12 bits per heavy atom. The van der Waals surface area contributed by atoms with E-state index in [-0.39, 0.29) is 5.97 Å². The largest absolute Gasteiger partial charge is 0.465 e. The van der Waals surface area contributed by atoms with Crippen LogP contribution >= 0.6 is 11.8 Å². The Balaban J connectivity index is 2.23. The van der Waals surface area contributed by atoms with Crippen LogP contribution in [-0.4, -0.2) is 47.9 Å². The maximum atomic E-state index is 12.3. The molecule has 0 radical (unpaired) electrons. The lowest BCUT2D eigenvalue weighted by atomic mass is 9.67. The Morgan fingerprint density at radius 3 is 2.65 bits per heavy atom. The number of carbonyl (C=O) groups is 1. The summed E-state index contributed by atoms with van der Waals surface area (Å²) in [5, 5.41) is 14.1. The molecule has 0 aromatic carbocycles. The Morgan fingerprint density at radius 1 is 1.41 bits per heavy atom. The minimum absolute atomic E-state index is 0.200. The van der Waals surface area contributed by atoms with Crippen molar-refractivity contribution < 1.29 is 14.6 Å². The highest BCUT2D eigenvalue weighted by Gasteiger charge is 2.58. The zero-order valence-corrected chi connectivity index (χ0v) is 11.1. The van der Waals surface area contributed by atoms with Crippen molar-refractivity contribution in [2.75, 3.05) is 31.2 Å². The number of hydrogen-bond acceptors (Lipinski definition) is 5. The highest BCUT2D eigenvalue weighted by atomic mass is 32.2. The predicted molar refractivity (Wildman–Crippen MR) is 68.1 cm³/mol. The first-order valence-corrected chi connectivity index (χ1v) is 7.48. The zero-order valence-electron chi connectivity index (χ0n) is 10.3. The molecule has 0 aromatic rings. The number of esters is 1. The Bertz CT molecular complexity index is 283. The second kappa shape index (κ2) is 5.16. The third-order valence-electron chi connectivity index (χ3n) is 4.01. The number of hydrogen-bond donors (Lipinski definition) is 2. The van der Waals surface area contributed by atoms with E-state index in [0.29, 0.717) is 25.2 Å². The molecule has 0 aliphatic carbocycles. The normalized spacial score (nSPS) is 32.4. The molecule has 2 N–H and O–H groups in total. The van der Waals surface area contributed by atoms with Crippen molar-refractivity contribution in [1.29, 1.82) is 0 Å². The quantitative estimate of drug-likeness (QED) is 0.734. The molecule has 0 saturated carbocycles. The molecule has 2 fully saturated rings. The third-order valence-corrected chi connectivity index (χ3v) is 5.20. The van der Waals surface area contributed by atoms with Crippen molar-refractivity contribution >= 4 is 17.7 Å². The Labute approximate surface area is 106 Å². The molecular formula is C12H21NO3S. The van der Waals surface area contributed by atoms with E-state index < -0.39 is 11.0 Å². The van der Waals surface area contributed by atoms with Crippen LogP contribution in [-0.2, 0) is 9.53 Å². The third kappa shape index (κ3) is 2.20. The molecule has 0 bridgehead atoms. The standard InChI is InChI=1S/C12H21NO3S/c1-2-16-10(14)11(5-8-17-9-11)12(15)3-6-13-7-4-12/h13,15H,2-9H2,1H3. The lowest BCUT2D eigenvalue weighted by molar-refractivity contribution is -0.175. The molecule has 5 heteroatoms. The van der Waals surface area contributed by atoms with Gasteiger partial charge in [0.2, 0.25) is 0 Å². The average molecular weight is 259 g/mol. The van der Waals surface area contributed by atoms with Crippen LogP contribution in [0.5, 0.6) is 0 Å². The number of piperidine rings is 1. The SMILES string of the molecule is CCOC(=O)C1(C2(O)CCNCC2)CCSC1. The van der Waals surface area contributed by atoms with Gasteiger partial charge in [0.1, 0.15) is 5.41 Å². The van der Waals surface area contributed by atoms with Gasteiger partial charge in [-0.25, -0.2) is 0 Å². The van der Waals surface area contributed by atoms with Gasteiger partial charge < -0.3 is 15.2 Å². The zero-order chi connectivity index (χ0) is 12.4. The van der Waals surface area contributed by atoms with Crippen molar-refractivity contribution in [1.82, 2.24) is 5.32 Å². The monoisotopic (exact) mass is 259 g/mol. The van der Waals surface area contributed by atoms with E-state index in [2.05, 4.69) is 5.32 Å². The smallest absolute Gasteiger partial charge is 0.315 e. The number of aliphatic hydroxyl groups is 1. The topological polar surface area (TPSA) is 58.6 Å². The van der Waals surface area contributed by atoms with Crippen molar-refractivity contribution in [3.05, 3.63) is 0 Å². The molecule has 2 aliphatic rings. The van der Waals surface area contributed by atoms with Gasteiger partial charge >= 0.3 is 5.97 Å². The van der Waals surface area contributed by atoms with E-state index in [9.17, 15) is 9.90 Å². The van der Waals surface area contributed by atoms with Gasteiger partial charge in [0, 0.05) is 5.75 Å². The number of rotatable bonds is 3. The summed E-state index contributed by atoms with van der Waals surface area (Å²) in [5.41, 5.74) is -1.55. The van der Waals surface area contributed by atoms with Gasteiger partial charge in [-0.05, 0) is 45.0 Å². The second-order valence-corrected chi connectivity index (χ2v) is 5.99. The predicted octanol–water partition coefficient (Wildman–Crippen LogP) is 0.787. The van der Waals surface area contributed by atoms with Gasteiger partial charge in [-0.3, -0.25) is 4.79 Å². The maximum Gasteiger partial charge on any atom is 0.315 e. The number of ether oxygens (including phenoxy) is 1. The molecule has 1 atom stereocenters. The number of carbonyl (C=O) groups excluding carboxylic acids is 1.